The van der Waals surface area contributed by atoms with Gasteiger partial charge in [-0.05, 0) is 24.1 Å². The average Bonchev–Trinajstić information content (AvgIpc) is 2.37. The summed E-state index contributed by atoms with van der Waals surface area (Å²) in [6.45, 7) is 3.44. The molecular weight excluding hydrogens is 360 g/mol. The van der Waals surface area contributed by atoms with E-state index < -0.39 is 5.82 Å². The van der Waals surface area contributed by atoms with Crippen molar-refractivity contribution in [3.63, 3.8) is 0 Å². The number of hydrogen-bond acceptors (Lipinski definition) is 2. The average molecular weight is 381 g/mol. The first-order valence-electron chi connectivity index (χ1n) is 6.09. The van der Waals surface area contributed by atoms with E-state index in [1.165, 1.54) is 12.1 Å². The monoisotopic (exact) mass is 381 g/mol. The van der Waals surface area contributed by atoms with Crippen LogP contribution in [0.5, 0.6) is 5.75 Å². The Morgan fingerprint density at radius 3 is 2.68 bits per heavy atom. The molecule has 108 valence electrons. The summed E-state index contributed by atoms with van der Waals surface area (Å²) in [5.74, 6) is -0.246. The molecule has 0 heterocycles. The van der Waals surface area contributed by atoms with Crippen LogP contribution in [0.2, 0.25) is 0 Å². The Bertz CT molecular complexity index is 413. The second kappa shape index (κ2) is 9.82. The molecule has 1 aromatic rings. The van der Waals surface area contributed by atoms with E-state index in [-0.39, 0.29) is 29.7 Å². The second-order valence-corrected chi connectivity index (χ2v) is 3.99. The van der Waals surface area contributed by atoms with Crippen LogP contribution in [-0.2, 0) is 6.54 Å². The number of nitrogens with one attached hydrogen (secondary N) is 2. The molecule has 1 rings (SSSR count). The maximum Gasteiger partial charge on any atom is 0.191 e. The minimum absolute atomic E-state index is 0. The third-order valence-electron chi connectivity index (χ3n) is 2.52. The SMILES string of the molecule is CCCCNC(=NC)NCc1ccc(O)c(F)c1.I. The Labute approximate surface area is 130 Å². The molecule has 19 heavy (non-hydrogen) atoms. The maximum atomic E-state index is 13.1. The quantitative estimate of drug-likeness (QED) is 0.318. The van der Waals surface area contributed by atoms with Crippen molar-refractivity contribution in [3.05, 3.63) is 29.6 Å². The van der Waals surface area contributed by atoms with E-state index in [1.807, 2.05) is 0 Å². The predicted molar refractivity (Wildman–Crippen MR) is 86.6 cm³/mol. The first-order chi connectivity index (χ1) is 8.67. The first kappa shape index (κ1) is 17.9. The van der Waals surface area contributed by atoms with Gasteiger partial charge >= 0.3 is 0 Å². The molecule has 0 saturated carbocycles. The molecular formula is C13H21FIN3O. The highest BCUT2D eigenvalue weighted by molar-refractivity contribution is 14.0. The zero-order valence-corrected chi connectivity index (χ0v) is 13.6. The fraction of sp³-hybridized carbons (Fsp3) is 0.462. The lowest BCUT2D eigenvalue weighted by atomic mass is 10.2. The highest BCUT2D eigenvalue weighted by atomic mass is 127. The van der Waals surface area contributed by atoms with Crippen LogP contribution in [0.3, 0.4) is 0 Å². The van der Waals surface area contributed by atoms with Crippen molar-refractivity contribution in [2.75, 3.05) is 13.6 Å². The third-order valence-corrected chi connectivity index (χ3v) is 2.52. The number of phenols is 1. The largest absolute Gasteiger partial charge is 0.505 e. The Balaban J connectivity index is 0.00000324. The van der Waals surface area contributed by atoms with E-state index in [9.17, 15) is 4.39 Å². The Kier molecular flexibility index (Phi) is 9.28. The van der Waals surface area contributed by atoms with Gasteiger partial charge in [-0.15, -0.1) is 24.0 Å². The van der Waals surface area contributed by atoms with Gasteiger partial charge in [-0.2, -0.15) is 0 Å². The molecule has 0 atom stereocenters. The van der Waals surface area contributed by atoms with E-state index in [4.69, 9.17) is 5.11 Å². The fourth-order valence-electron chi connectivity index (χ4n) is 1.45. The van der Waals surface area contributed by atoms with Crippen molar-refractivity contribution < 1.29 is 9.50 Å². The molecule has 6 heteroatoms. The van der Waals surface area contributed by atoms with E-state index in [2.05, 4.69) is 22.5 Å². The topological polar surface area (TPSA) is 56.7 Å². The van der Waals surface area contributed by atoms with Gasteiger partial charge in [-0.1, -0.05) is 19.4 Å². The lowest BCUT2D eigenvalue weighted by Gasteiger charge is -2.11. The van der Waals surface area contributed by atoms with Gasteiger partial charge in [0, 0.05) is 20.1 Å². The first-order valence-corrected chi connectivity index (χ1v) is 6.09. The van der Waals surface area contributed by atoms with Gasteiger partial charge in [-0.25, -0.2) is 4.39 Å². The molecule has 0 amide bonds. The minimum atomic E-state index is -0.608. The van der Waals surface area contributed by atoms with Gasteiger partial charge in [0.05, 0.1) is 0 Å². The van der Waals surface area contributed by atoms with Gasteiger partial charge in [0.25, 0.3) is 0 Å². The van der Waals surface area contributed by atoms with Crippen molar-refractivity contribution in [3.8, 4) is 5.75 Å². The van der Waals surface area contributed by atoms with Gasteiger partial charge in [0.15, 0.2) is 17.5 Å². The van der Waals surface area contributed by atoms with Crippen molar-refractivity contribution in [2.45, 2.75) is 26.3 Å². The molecule has 0 saturated heterocycles. The summed E-state index contributed by atoms with van der Waals surface area (Å²) >= 11 is 0. The maximum absolute atomic E-state index is 13.1. The second-order valence-electron chi connectivity index (χ2n) is 3.99. The lowest BCUT2D eigenvalue weighted by molar-refractivity contribution is 0.431. The number of benzene rings is 1. The number of hydrogen-bond donors (Lipinski definition) is 3. The number of guanidine groups is 1. The fourth-order valence-corrected chi connectivity index (χ4v) is 1.45. The Morgan fingerprint density at radius 2 is 2.11 bits per heavy atom. The molecule has 0 spiro atoms. The number of aromatic hydroxyl groups is 1. The lowest BCUT2D eigenvalue weighted by Crippen LogP contribution is -2.37. The number of phenolic OH excluding ortho intramolecular Hbond substituents is 1. The van der Waals surface area contributed by atoms with Crippen molar-refractivity contribution in [1.29, 1.82) is 0 Å². The Hall–Kier alpha value is -1.05. The van der Waals surface area contributed by atoms with Crippen molar-refractivity contribution >= 4 is 29.9 Å². The highest BCUT2D eigenvalue weighted by Gasteiger charge is 2.02. The summed E-state index contributed by atoms with van der Waals surface area (Å²) in [4.78, 5) is 4.07. The summed E-state index contributed by atoms with van der Waals surface area (Å²) in [7, 11) is 1.69. The standard InChI is InChI=1S/C13H20FN3O.HI/c1-3-4-7-16-13(15-2)17-9-10-5-6-12(18)11(14)8-10;/h5-6,8,18H,3-4,7,9H2,1-2H3,(H2,15,16,17);1H. The zero-order valence-electron chi connectivity index (χ0n) is 11.2. The van der Waals surface area contributed by atoms with Crippen LogP contribution in [-0.4, -0.2) is 24.7 Å². The molecule has 0 bridgehead atoms. The van der Waals surface area contributed by atoms with Crippen LogP contribution in [0.4, 0.5) is 4.39 Å². The molecule has 0 aromatic heterocycles. The van der Waals surface area contributed by atoms with Crippen LogP contribution in [0.25, 0.3) is 0 Å². The summed E-state index contributed by atoms with van der Waals surface area (Å²) in [6.07, 6.45) is 2.20. The van der Waals surface area contributed by atoms with Gasteiger partial charge in [0.2, 0.25) is 0 Å². The molecule has 0 aliphatic rings. The van der Waals surface area contributed by atoms with E-state index in [0.29, 0.717) is 12.5 Å². The van der Waals surface area contributed by atoms with Crippen molar-refractivity contribution in [2.24, 2.45) is 4.99 Å². The molecule has 3 N–H and O–H groups in total. The number of nitrogens with zero attached hydrogens (tertiary/aromatic N) is 1. The number of unbranched alkanes of at least 4 members (excludes halogenated alkanes) is 1. The smallest absolute Gasteiger partial charge is 0.191 e. The molecule has 0 fully saturated rings. The van der Waals surface area contributed by atoms with Crippen LogP contribution < -0.4 is 10.6 Å². The summed E-state index contributed by atoms with van der Waals surface area (Å²) in [5.41, 5.74) is 0.753. The predicted octanol–water partition coefficient (Wildman–Crippen LogP) is 2.61. The van der Waals surface area contributed by atoms with Gasteiger partial charge in [0.1, 0.15) is 0 Å². The molecule has 0 unspecified atom stereocenters. The van der Waals surface area contributed by atoms with E-state index in [1.54, 1.807) is 13.1 Å². The van der Waals surface area contributed by atoms with Crippen LogP contribution in [0.15, 0.2) is 23.2 Å². The molecule has 1 aromatic carbocycles. The van der Waals surface area contributed by atoms with Gasteiger partial charge in [-0.3, -0.25) is 4.99 Å². The Morgan fingerprint density at radius 1 is 1.37 bits per heavy atom. The number of aliphatic imine (C=N–C) groups is 1. The summed E-state index contributed by atoms with van der Waals surface area (Å²) in [6, 6.07) is 4.33. The summed E-state index contributed by atoms with van der Waals surface area (Å²) in [5, 5.41) is 15.3. The van der Waals surface area contributed by atoms with E-state index >= 15 is 0 Å². The van der Waals surface area contributed by atoms with Crippen LogP contribution in [0, 0.1) is 5.82 Å². The molecule has 0 radical (unpaired) electrons. The van der Waals surface area contributed by atoms with Crippen molar-refractivity contribution in [1.82, 2.24) is 10.6 Å². The van der Waals surface area contributed by atoms with E-state index in [0.717, 1.165) is 24.9 Å². The number of halogens is 2. The number of rotatable bonds is 5. The molecule has 4 nitrogen and oxygen atoms in total. The van der Waals surface area contributed by atoms with Crippen LogP contribution >= 0.6 is 24.0 Å². The van der Waals surface area contributed by atoms with Gasteiger partial charge < -0.3 is 15.7 Å². The molecule has 0 aliphatic heterocycles. The minimum Gasteiger partial charge on any atom is -0.505 e. The third kappa shape index (κ3) is 6.60. The normalized spacial score (nSPS) is 10.8. The summed E-state index contributed by atoms with van der Waals surface area (Å²) < 4.78 is 13.1. The zero-order chi connectivity index (χ0) is 13.4. The highest BCUT2D eigenvalue weighted by Crippen LogP contribution is 2.15. The van der Waals surface area contributed by atoms with Crippen LogP contribution in [0.1, 0.15) is 25.3 Å². The molecule has 0 aliphatic carbocycles.